The maximum absolute atomic E-state index is 9.92. The number of thiophene rings is 1. The molecule has 0 radical (unpaired) electrons. The van der Waals surface area contributed by atoms with E-state index in [0.29, 0.717) is 5.56 Å². The maximum Gasteiger partial charge on any atom is 0.0998 e. The Kier molecular flexibility index (Phi) is 5.51. The predicted molar refractivity (Wildman–Crippen MR) is 198 cm³/mol. The van der Waals surface area contributed by atoms with Gasteiger partial charge in [0.25, 0.3) is 0 Å². The van der Waals surface area contributed by atoms with Crippen LogP contribution in [-0.2, 0) is 0 Å². The first-order valence-corrected chi connectivity index (χ1v) is 16.6. The highest BCUT2D eigenvalue weighted by Crippen LogP contribution is 2.40. The number of nitrogens with zero attached hydrogens (tertiary/aromatic N) is 3. The lowest BCUT2D eigenvalue weighted by molar-refractivity contribution is 1.18. The first kappa shape index (κ1) is 26.1. The molecule has 0 bridgehead atoms. The van der Waals surface area contributed by atoms with Crippen molar-refractivity contribution in [2.24, 2.45) is 0 Å². The predicted octanol–water partition coefficient (Wildman–Crippen LogP) is 11.8. The van der Waals surface area contributed by atoms with Crippen molar-refractivity contribution in [1.82, 2.24) is 9.13 Å². The summed E-state index contributed by atoms with van der Waals surface area (Å²) in [5.74, 6) is 0. The zero-order valence-electron chi connectivity index (χ0n) is 25.2. The van der Waals surface area contributed by atoms with Gasteiger partial charge in [-0.05, 0) is 83.9 Å². The van der Waals surface area contributed by atoms with Crippen molar-refractivity contribution in [3.63, 3.8) is 0 Å². The van der Waals surface area contributed by atoms with Crippen LogP contribution in [0.2, 0.25) is 0 Å². The summed E-state index contributed by atoms with van der Waals surface area (Å²) in [6.07, 6.45) is 0. The molecule has 0 unspecified atom stereocenters. The fraction of sp³-hybridized carbons (Fsp3) is 0. The summed E-state index contributed by atoms with van der Waals surface area (Å²) in [4.78, 5) is 0. The second kappa shape index (κ2) is 9.92. The van der Waals surface area contributed by atoms with Crippen LogP contribution >= 0.6 is 11.3 Å². The second-order valence-electron chi connectivity index (χ2n) is 12.1. The molecule has 0 aliphatic rings. The molecule has 0 saturated heterocycles. The minimum Gasteiger partial charge on any atom is -0.309 e. The normalized spacial score (nSPS) is 11.8. The summed E-state index contributed by atoms with van der Waals surface area (Å²) >= 11 is 1.85. The van der Waals surface area contributed by atoms with Gasteiger partial charge >= 0.3 is 0 Å². The van der Waals surface area contributed by atoms with E-state index in [1.807, 2.05) is 29.5 Å². The van der Waals surface area contributed by atoms with Gasteiger partial charge in [-0.2, -0.15) is 5.26 Å². The molecule has 0 N–H and O–H groups in total. The average molecular weight is 616 g/mol. The van der Waals surface area contributed by atoms with Crippen molar-refractivity contribution < 1.29 is 0 Å². The Morgan fingerprint density at radius 3 is 1.72 bits per heavy atom. The summed E-state index contributed by atoms with van der Waals surface area (Å²) in [7, 11) is 0. The Bertz CT molecular complexity index is 2880. The molecule has 218 valence electrons. The SMILES string of the molecule is N#Cc1cccc2c1c1ccccc1n2-c1cccc(-c2ccc3sc4ccc(-n5c6ccccc6c6ccccc65)cc4c3c2)c1. The van der Waals surface area contributed by atoms with Gasteiger partial charge in [-0.15, -0.1) is 11.3 Å². The van der Waals surface area contributed by atoms with Gasteiger partial charge in [0.1, 0.15) is 0 Å². The monoisotopic (exact) mass is 615 g/mol. The molecule has 0 spiro atoms. The molecule has 3 nitrogen and oxygen atoms in total. The van der Waals surface area contributed by atoms with Crippen LogP contribution in [0, 0.1) is 11.3 Å². The number of para-hydroxylation sites is 3. The molecule has 10 rings (SSSR count). The second-order valence-corrected chi connectivity index (χ2v) is 13.2. The van der Waals surface area contributed by atoms with Gasteiger partial charge in [0.15, 0.2) is 0 Å². The van der Waals surface area contributed by atoms with Crippen LogP contribution in [0.4, 0.5) is 0 Å². The lowest BCUT2D eigenvalue weighted by atomic mass is 10.0. The third-order valence-corrected chi connectivity index (χ3v) is 10.7. The van der Waals surface area contributed by atoms with Crippen molar-refractivity contribution in [2.75, 3.05) is 0 Å². The number of fused-ring (bicyclic) bond motifs is 9. The van der Waals surface area contributed by atoms with Crippen molar-refractivity contribution >= 4 is 75.1 Å². The molecule has 0 saturated carbocycles. The quantitative estimate of drug-likeness (QED) is 0.195. The van der Waals surface area contributed by atoms with E-state index in [4.69, 9.17) is 0 Å². The molecule has 0 aliphatic carbocycles. The Morgan fingerprint density at radius 2 is 0.979 bits per heavy atom. The largest absolute Gasteiger partial charge is 0.309 e. The third-order valence-electron chi connectivity index (χ3n) is 9.55. The van der Waals surface area contributed by atoms with Gasteiger partial charge in [0, 0.05) is 53.1 Å². The minimum atomic E-state index is 0.698. The van der Waals surface area contributed by atoms with Crippen LogP contribution in [0.1, 0.15) is 5.56 Å². The smallest absolute Gasteiger partial charge is 0.0998 e. The van der Waals surface area contributed by atoms with E-state index in [0.717, 1.165) is 33.1 Å². The summed E-state index contributed by atoms with van der Waals surface area (Å²) in [6.45, 7) is 0. The number of aromatic nitrogens is 2. The third kappa shape index (κ3) is 3.78. The molecule has 47 heavy (non-hydrogen) atoms. The van der Waals surface area contributed by atoms with E-state index >= 15 is 0 Å². The molecule has 3 aromatic heterocycles. The highest BCUT2D eigenvalue weighted by Gasteiger charge is 2.17. The number of benzene rings is 7. The van der Waals surface area contributed by atoms with Crippen LogP contribution in [0.5, 0.6) is 0 Å². The standard InChI is InChI=1S/C43H25N3S/c44-26-29-10-8-18-40-43(29)34-14-3-6-17-39(34)46(40)30-11-7-9-27(23-30)28-19-21-41-35(24-28)36-25-31(20-22-42(36)47-41)45-37-15-4-1-12-32(37)33-13-2-5-16-38(33)45/h1-25H. The molecule has 0 atom stereocenters. The van der Waals surface area contributed by atoms with Crippen LogP contribution in [0.15, 0.2) is 152 Å². The van der Waals surface area contributed by atoms with Gasteiger partial charge in [0.05, 0.1) is 33.7 Å². The van der Waals surface area contributed by atoms with Crippen molar-refractivity contribution in [1.29, 1.82) is 5.26 Å². The lowest BCUT2D eigenvalue weighted by Crippen LogP contribution is -1.94. The van der Waals surface area contributed by atoms with Crippen LogP contribution < -0.4 is 0 Å². The summed E-state index contributed by atoms with van der Waals surface area (Å²) in [5.41, 5.74) is 9.86. The molecular formula is C43H25N3S. The van der Waals surface area contributed by atoms with E-state index in [-0.39, 0.29) is 0 Å². The molecule has 10 aromatic rings. The number of hydrogen-bond donors (Lipinski definition) is 0. The van der Waals surface area contributed by atoms with Crippen molar-refractivity contribution in [3.8, 4) is 28.6 Å². The van der Waals surface area contributed by atoms with Gasteiger partial charge in [-0.25, -0.2) is 0 Å². The van der Waals surface area contributed by atoms with E-state index in [2.05, 4.69) is 149 Å². The van der Waals surface area contributed by atoms with E-state index in [1.54, 1.807) is 0 Å². The Hall–Kier alpha value is -6.15. The zero-order valence-corrected chi connectivity index (χ0v) is 26.0. The van der Waals surface area contributed by atoms with Gasteiger partial charge in [-0.1, -0.05) is 78.9 Å². The van der Waals surface area contributed by atoms with E-state index in [1.165, 1.54) is 53.2 Å². The van der Waals surface area contributed by atoms with Crippen molar-refractivity contribution in [3.05, 3.63) is 157 Å². The van der Waals surface area contributed by atoms with Gasteiger partial charge < -0.3 is 9.13 Å². The molecule has 0 amide bonds. The van der Waals surface area contributed by atoms with Crippen LogP contribution in [0.25, 0.3) is 86.3 Å². The highest BCUT2D eigenvalue weighted by atomic mass is 32.1. The summed E-state index contributed by atoms with van der Waals surface area (Å²) < 4.78 is 7.25. The zero-order chi connectivity index (χ0) is 31.1. The maximum atomic E-state index is 9.92. The highest BCUT2D eigenvalue weighted by molar-refractivity contribution is 7.25. The first-order chi connectivity index (χ1) is 23.3. The molecular weight excluding hydrogens is 591 g/mol. The van der Waals surface area contributed by atoms with E-state index < -0.39 is 0 Å². The van der Waals surface area contributed by atoms with Gasteiger partial charge in [-0.3, -0.25) is 0 Å². The average Bonchev–Trinajstić information content (AvgIpc) is 3.79. The topological polar surface area (TPSA) is 33.6 Å². The first-order valence-electron chi connectivity index (χ1n) is 15.7. The Morgan fingerprint density at radius 1 is 0.426 bits per heavy atom. The lowest BCUT2D eigenvalue weighted by Gasteiger charge is -2.11. The van der Waals surface area contributed by atoms with Crippen molar-refractivity contribution in [2.45, 2.75) is 0 Å². The fourth-order valence-electron chi connectivity index (χ4n) is 7.50. The van der Waals surface area contributed by atoms with Crippen LogP contribution in [0.3, 0.4) is 0 Å². The summed E-state index contributed by atoms with van der Waals surface area (Å²) in [5, 5.41) is 17.1. The number of hydrogen-bond acceptors (Lipinski definition) is 2. The Balaban J connectivity index is 1.15. The Labute approximate surface area is 274 Å². The molecule has 7 aromatic carbocycles. The molecule has 0 fully saturated rings. The molecule has 3 heterocycles. The number of rotatable bonds is 3. The summed E-state index contributed by atoms with van der Waals surface area (Å²) in [6, 6.07) is 56.6. The fourth-order valence-corrected chi connectivity index (χ4v) is 8.57. The number of nitriles is 1. The minimum absolute atomic E-state index is 0.698. The van der Waals surface area contributed by atoms with Gasteiger partial charge in [0.2, 0.25) is 0 Å². The van der Waals surface area contributed by atoms with Crippen LogP contribution in [-0.4, -0.2) is 9.13 Å². The van der Waals surface area contributed by atoms with E-state index in [9.17, 15) is 5.26 Å². The molecule has 4 heteroatoms. The molecule has 0 aliphatic heterocycles.